The minimum Gasteiger partial charge on any atom is -0.395 e. The second-order valence-electron chi connectivity index (χ2n) is 7.73. The summed E-state index contributed by atoms with van der Waals surface area (Å²) >= 11 is 0. The summed E-state index contributed by atoms with van der Waals surface area (Å²) in [5, 5.41) is 41.8. The van der Waals surface area contributed by atoms with Gasteiger partial charge in [-0.25, -0.2) is 0 Å². The molecule has 0 aromatic rings. The Morgan fingerprint density at radius 3 is 2.68 bits per heavy atom. The Bertz CT molecular complexity index is 480. The molecule has 6 nitrogen and oxygen atoms in total. The molecule has 162 valence electrons. The van der Waals surface area contributed by atoms with Gasteiger partial charge in [-0.1, -0.05) is 50.5 Å². The van der Waals surface area contributed by atoms with E-state index in [1.165, 1.54) is 0 Å². The lowest BCUT2D eigenvalue weighted by atomic mass is 9.89. The van der Waals surface area contributed by atoms with Crippen molar-refractivity contribution in [3.63, 3.8) is 0 Å². The van der Waals surface area contributed by atoms with Crippen LogP contribution in [0.15, 0.2) is 24.3 Å². The molecule has 5 N–H and O–H groups in total. The molecule has 0 saturated heterocycles. The normalized spacial score (nSPS) is 26.3. The van der Waals surface area contributed by atoms with E-state index < -0.39 is 18.3 Å². The largest absolute Gasteiger partial charge is 0.395 e. The number of allylic oxidation sites excluding steroid dienone is 2. The van der Waals surface area contributed by atoms with E-state index in [9.17, 15) is 20.1 Å². The number of carbonyl (C=O) groups is 1. The van der Waals surface area contributed by atoms with Gasteiger partial charge in [-0.15, -0.1) is 0 Å². The van der Waals surface area contributed by atoms with Gasteiger partial charge >= 0.3 is 0 Å². The zero-order valence-electron chi connectivity index (χ0n) is 17.2. The second-order valence-corrected chi connectivity index (χ2v) is 7.73. The summed E-state index contributed by atoms with van der Waals surface area (Å²) in [5.41, 5.74) is 0. The highest BCUT2D eigenvalue weighted by molar-refractivity contribution is 5.75. The Balaban J connectivity index is 2.39. The van der Waals surface area contributed by atoms with Crippen molar-refractivity contribution in [2.45, 2.75) is 83.0 Å². The van der Waals surface area contributed by atoms with Crippen molar-refractivity contribution in [2.75, 3.05) is 13.2 Å². The first-order valence-electron chi connectivity index (χ1n) is 10.7. The van der Waals surface area contributed by atoms with Gasteiger partial charge in [0.1, 0.15) is 0 Å². The lowest BCUT2D eigenvalue weighted by molar-refractivity contribution is -0.121. The highest BCUT2D eigenvalue weighted by Gasteiger charge is 2.39. The zero-order chi connectivity index (χ0) is 20.8. The van der Waals surface area contributed by atoms with Crippen LogP contribution in [0.4, 0.5) is 0 Å². The summed E-state index contributed by atoms with van der Waals surface area (Å²) in [6.45, 7) is 2.37. The summed E-state index contributed by atoms with van der Waals surface area (Å²) in [7, 11) is 0. The Morgan fingerprint density at radius 2 is 1.96 bits per heavy atom. The standard InChI is InChI=1S/C22H39NO5/c1-2-3-6-9-17(25)12-13-19-18(20(26)16-21(19)27)10-7-4-5-8-11-22(28)23-14-15-24/h4,7,12-13,17-21,24-27H,2-3,5-6,8-11,14-16H2,1H3,(H,23,28)/b7-4-,13-12+/t17-,18-,19+,20-,21-/m0/s1. The van der Waals surface area contributed by atoms with Gasteiger partial charge in [0.25, 0.3) is 0 Å². The van der Waals surface area contributed by atoms with Crippen LogP contribution < -0.4 is 5.32 Å². The summed E-state index contributed by atoms with van der Waals surface area (Å²) in [6.07, 6.45) is 12.9. The van der Waals surface area contributed by atoms with Crippen molar-refractivity contribution in [3.05, 3.63) is 24.3 Å². The first kappa shape index (κ1) is 24.8. The van der Waals surface area contributed by atoms with Crippen molar-refractivity contribution in [3.8, 4) is 0 Å². The molecule has 0 aliphatic heterocycles. The molecule has 0 aromatic carbocycles. The molecule has 1 aliphatic carbocycles. The molecular formula is C22H39NO5. The minimum absolute atomic E-state index is 0.0490. The van der Waals surface area contributed by atoms with E-state index >= 15 is 0 Å². The van der Waals surface area contributed by atoms with Crippen LogP contribution in [0.5, 0.6) is 0 Å². The van der Waals surface area contributed by atoms with Crippen LogP contribution in [0.1, 0.15) is 64.7 Å². The first-order chi connectivity index (χ1) is 13.5. The number of aliphatic hydroxyl groups is 4. The zero-order valence-corrected chi connectivity index (χ0v) is 17.2. The van der Waals surface area contributed by atoms with Crippen LogP contribution >= 0.6 is 0 Å². The lowest BCUT2D eigenvalue weighted by Gasteiger charge is -2.19. The maximum Gasteiger partial charge on any atom is 0.220 e. The molecule has 6 heteroatoms. The third kappa shape index (κ3) is 9.82. The topological polar surface area (TPSA) is 110 Å². The predicted octanol–water partition coefficient (Wildman–Crippen LogP) is 2.07. The van der Waals surface area contributed by atoms with Gasteiger partial charge in [0.15, 0.2) is 0 Å². The number of unbranched alkanes of at least 4 members (excludes halogenated alkanes) is 3. The van der Waals surface area contributed by atoms with E-state index in [1.807, 2.05) is 18.2 Å². The Kier molecular flexibility index (Phi) is 13.1. The average Bonchev–Trinajstić information content (AvgIpc) is 2.94. The van der Waals surface area contributed by atoms with E-state index in [4.69, 9.17) is 5.11 Å². The molecule has 0 bridgehead atoms. The van der Waals surface area contributed by atoms with Gasteiger partial charge in [-0.05, 0) is 31.6 Å². The van der Waals surface area contributed by atoms with E-state index in [0.29, 0.717) is 25.8 Å². The molecular weight excluding hydrogens is 358 g/mol. The van der Waals surface area contributed by atoms with Gasteiger partial charge in [0.2, 0.25) is 5.91 Å². The van der Waals surface area contributed by atoms with Crippen molar-refractivity contribution in [1.82, 2.24) is 5.32 Å². The summed E-state index contributed by atoms with van der Waals surface area (Å²) in [4.78, 5) is 11.4. The molecule has 5 atom stereocenters. The average molecular weight is 398 g/mol. The SMILES string of the molecule is CCCCC[C@H](O)/C=C/[C@@H]1[C@H](C/C=C\CCCC(=O)NCCO)[C@@H](O)C[C@@H]1O. The van der Waals surface area contributed by atoms with Gasteiger partial charge in [0.05, 0.1) is 24.9 Å². The molecule has 0 aromatic heterocycles. The second kappa shape index (κ2) is 14.7. The number of rotatable bonds is 14. The smallest absolute Gasteiger partial charge is 0.220 e. The maximum absolute atomic E-state index is 11.4. The van der Waals surface area contributed by atoms with E-state index in [2.05, 4.69) is 12.2 Å². The van der Waals surface area contributed by atoms with E-state index in [0.717, 1.165) is 38.5 Å². The fraction of sp³-hybridized carbons (Fsp3) is 0.773. The molecule has 1 aliphatic rings. The Morgan fingerprint density at radius 1 is 1.18 bits per heavy atom. The fourth-order valence-corrected chi connectivity index (χ4v) is 3.70. The van der Waals surface area contributed by atoms with Gasteiger partial charge in [-0.3, -0.25) is 4.79 Å². The first-order valence-corrected chi connectivity index (χ1v) is 10.7. The Hall–Kier alpha value is -1.21. The third-order valence-corrected chi connectivity index (χ3v) is 5.36. The lowest BCUT2D eigenvalue weighted by Crippen LogP contribution is -2.25. The van der Waals surface area contributed by atoms with Crippen molar-refractivity contribution >= 4 is 5.91 Å². The number of amides is 1. The maximum atomic E-state index is 11.4. The minimum atomic E-state index is -0.581. The van der Waals surface area contributed by atoms with Gasteiger partial charge < -0.3 is 25.7 Å². The highest BCUT2D eigenvalue weighted by atomic mass is 16.3. The van der Waals surface area contributed by atoms with Crippen LogP contribution in [0.3, 0.4) is 0 Å². The highest BCUT2D eigenvalue weighted by Crippen LogP contribution is 2.36. The van der Waals surface area contributed by atoms with E-state index in [1.54, 1.807) is 6.08 Å². The summed E-state index contributed by atoms with van der Waals surface area (Å²) in [5.74, 6) is -0.262. The van der Waals surface area contributed by atoms with Crippen molar-refractivity contribution in [2.24, 2.45) is 11.8 Å². The van der Waals surface area contributed by atoms with Crippen LogP contribution in [0, 0.1) is 11.8 Å². The number of hydrogen-bond acceptors (Lipinski definition) is 5. The molecule has 0 radical (unpaired) electrons. The van der Waals surface area contributed by atoms with Crippen molar-refractivity contribution in [1.29, 1.82) is 0 Å². The predicted molar refractivity (Wildman–Crippen MR) is 111 cm³/mol. The number of nitrogens with one attached hydrogen (secondary N) is 1. The van der Waals surface area contributed by atoms with E-state index in [-0.39, 0.29) is 24.3 Å². The molecule has 28 heavy (non-hydrogen) atoms. The van der Waals surface area contributed by atoms with Gasteiger partial charge in [0, 0.05) is 25.3 Å². The quantitative estimate of drug-likeness (QED) is 0.228. The molecule has 1 saturated carbocycles. The van der Waals surface area contributed by atoms with Crippen LogP contribution in [0.25, 0.3) is 0 Å². The fourth-order valence-electron chi connectivity index (χ4n) is 3.70. The third-order valence-electron chi connectivity index (χ3n) is 5.36. The number of hydrogen-bond donors (Lipinski definition) is 5. The molecule has 1 fully saturated rings. The molecule has 0 heterocycles. The summed E-state index contributed by atoms with van der Waals surface area (Å²) in [6, 6.07) is 0. The Labute approximate surface area is 169 Å². The van der Waals surface area contributed by atoms with Crippen LogP contribution in [-0.2, 0) is 4.79 Å². The molecule has 0 spiro atoms. The summed E-state index contributed by atoms with van der Waals surface area (Å²) < 4.78 is 0. The molecule has 0 unspecified atom stereocenters. The molecule has 1 amide bonds. The van der Waals surface area contributed by atoms with Crippen LogP contribution in [-0.4, -0.2) is 57.8 Å². The molecule has 1 rings (SSSR count). The van der Waals surface area contributed by atoms with Crippen LogP contribution in [0.2, 0.25) is 0 Å². The number of carbonyl (C=O) groups excluding carboxylic acids is 1. The van der Waals surface area contributed by atoms with Crippen molar-refractivity contribution < 1.29 is 25.2 Å². The van der Waals surface area contributed by atoms with Gasteiger partial charge in [-0.2, -0.15) is 0 Å². The monoisotopic (exact) mass is 397 g/mol. The number of aliphatic hydroxyl groups excluding tert-OH is 4.